The molecule has 1 amide bonds. The summed E-state index contributed by atoms with van der Waals surface area (Å²) < 4.78 is 5.23. The Morgan fingerprint density at radius 1 is 1.65 bits per heavy atom. The molecule has 17 heavy (non-hydrogen) atoms. The van der Waals surface area contributed by atoms with E-state index in [1.165, 1.54) is 6.42 Å². The molecule has 0 aliphatic carbocycles. The minimum absolute atomic E-state index is 0.199. The minimum Gasteiger partial charge on any atom is -0.469 e. The molecule has 0 spiro atoms. The highest BCUT2D eigenvalue weighted by Crippen LogP contribution is 2.14. The van der Waals surface area contributed by atoms with E-state index < -0.39 is 0 Å². The van der Waals surface area contributed by atoms with Crippen molar-refractivity contribution in [1.82, 2.24) is 10.2 Å². The molecule has 1 aromatic heterocycles. The molecule has 1 fully saturated rings. The fourth-order valence-electron chi connectivity index (χ4n) is 2.22. The molecule has 94 valence electrons. The molecule has 4 heteroatoms. The standard InChI is InChI=1S/C13H20N2O2/c1-10-11(5-7-17-10)9-15(2)13(16)8-12-4-3-6-14-12/h5,7,12,14H,3-4,6,8-9H2,1-2H3. The van der Waals surface area contributed by atoms with Gasteiger partial charge in [-0.15, -0.1) is 0 Å². The molecular weight excluding hydrogens is 216 g/mol. The predicted octanol–water partition coefficient (Wildman–Crippen LogP) is 1.69. The van der Waals surface area contributed by atoms with Gasteiger partial charge in [0.1, 0.15) is 5.76 Å². The summed E-state index contributed by atoms with van der Waals surface area (Å²) in [7, 11) is 1.85. The molecule has 1 N–H and O–H groups in total. The van der Waals surface area contributed by atoms with Gasteiger partial charge in [-0.3, -0.25) is 4.79 Å². The number of amides is 1. The Morgan fingerprint density at radius 3 is 3.06 bits per heavy atom. The molecule has 1 aliphatic rings. The minimum atomic E-state index is 0.199. The summed E-state index contributed by atoms with van der Waals surface area (Å²) >= 11 is 0. The van der Waals surface area contributed by atoms with Gasteiger partial charge in [-0.05, 0) is 32.4 Å². The van der Waals surface area contributed by atoms with E-state index in [1.54, 1.807) is 11.2 Å². The molecule has 0 aromatic carbocycles. The maximum absolute atomic E-state index is 12.0. The van der Waals surface area contributed by atoms with Crippen LogP contribution in [0.2, 0.25) is 0 Å². The first-order chi connectivity index (χ1) is 8.16. The maximum Gasteiger partial charge on any atom is 0.224 e. The van der Waals surface area contributed by atoms with Crippen molar-refractivity contribution in [3.63, 3.8) is 0 Å². The molecule has 2 rings (SSSR count). The fourth-order valence-corrected chi connectivity index (χ4v) is 2.22. The third-order valence-corrected chi connectivity index (χ3v) is 3.38. The summed E-state index contributed by atoms with van der Waals surface area (Å²) in [6, 6.07) is 2.29. The highest BCUT2D eigenvalue weighted by atomic mass is 16.3. The maximum atomic E-state index is 12.0. The lowest BCUT2D eigenvalue weighted by atomic mass is 10.1. The lowest BCUT2D eigenvalue weighted by Gasteiger charge is -2.19. The number of rotatable bonds is 4. The van der Waals surface area contributed by atoms with Crippen LogP contribution in [0.15, 0.2) is 16.7 Å². The van der Waals surface area contributed by atoms with Gasteiger partial charge in [0.15, 0.2) is 0 Å². The van der Waals surface area contributed by atoms with Crippen molar-refractivity contribution >= 4 is 5.91 Å². The molecule has 1 saturated heterocycles. The molecule has 1 aliphatic heterocycles. The third kappa shape index (κ3) is 3.09. The zero-order valence-corrected chi connectivity index (χ0v) is 10.5. The summed E-state index contributed by atoms with van der Waals surface area (Å²) in [6.45, 7) is 3.60. The topological polar surface area (TPSA) is 45.5 Å². The van der Waals surface area contributed by atoms with E-state index in [9.17, 15) is 4.79 Å². The van der Waals surface area contributed by atoms with Crippen LogP contribution >= 0.6 is 0 Å². The van der Waals surface area contributed by atoms with Crippen LogP contribution in [0.3, 0.4) is 0 Å². The van der Waals surface area contributed by atoms with Crippen molar-refractivity contribution in [2.24, 2.45) is 0 Å². The zero-order chi connectivity index (χ0) is 12.3. The summed E-state index contributed by atoms with van der Waals surface area (Å²) in [5.41, 5.74) is 1.08. The van der Waals surface area contributed by atoms with Crippen LogP contribution in [0.4, 0.5) is 0 Å². The van der Waals surface area contributed by atoms with Gasteiger partial charge in [0.05, 0.1) is 6.26 Å². The van der Waals surface area contributed by atoms with Crippen molar-refractivity contribution in [3.05, 3.63) is 23.7 Å². The lowest BCUT2D eigenvalue weighted by molar-refractivity contribution is -0.130. The van der Waals surface area contributed by atoms with Gasteiger partial charge in [0, 0.05) is 31.6 Å². The van der Waals surface area contributed by atoms with Crippen LogP contribution in [0, 0.1) is 6.92 Å². The predicted molar refractivity (Wildman–Crippen MR) is 65.6 cm³/mol. The Labute approximate surface area is 102 Å². The molecule has 4 nitrogen and oxygen atoms in total. The molecule has 1 unspecified atom stereocenters. The van der Waals surface area contributed by atoms with Crippen molar-refractivity contribution in [3.8, 4) is 0 Å². The van der Waals surface area contributed by atoms with E-state index in [0.717, 1.165) is 24.3 Å². The second-order valence-electron chi connectivity index (χ2n) is 4.75. The van der Waals surface area contributed by atoms with Gasteiger partial charge in [-0.25, -0.2) is 0 Å². The smallest absolute Gasteiger partial charge is 0.224 e. The van der Waals surface area contributed by atoms with Crippen molar-refractivity contribution in [2.75, 3.05) is 13.6 Å². The fraction of sp³-hybridized carbons (Fsp3) is 0.615. The van der Waals surface area contributed by atoms with E-state index in [0.29, 0.717) is 19.0 Å². The van der Waals surface area contributed by atoms with Crippen molar-refractivity contribution in [2.45, 2.75) is 38.8 Å². The molecule has 1 atom stereocenters. The molecule has 0 bridgehead atoms. The van der Waals surface area contributed by atoms with E-state index in [2.05, 4.69) is 5.32 Å². The zero-order valence-electron chi connectivity index (χ0n) is 10.5. The normalized spacial score (nSPS) is 19.5. The van der Waals surface area contributed by atoms with Crippen LogP contribution in [0.25, 0.3) is 0 Å². The first kappa shape index (κ1) is 12.2. The molecule has 0 radical (unpaired) electrons. The summed E-state index contributed by atoms with van der Waals surface area (Å²) in [6.07, 6.45) is 4.57. The Balaban J connectivity index is 1.84. The average Bonchev–Trinajstić information content (AvgIpc) is 2.91. The molecule has 0 saturated carbocycles. The number of hydrogen-bond donors (Lipinski definition) is 1. The van der Waals surface area contributed by atoms with E-state index in [-0.39, 0.29) is 5.91 Å². The number of carbonyl (C=O) groups excluding carboxylic acids is 1. The van der Waals surface area contributed by atoms with E-state index >= 15 is 0 Å². The Hall–Kier alpha value is -1.29. The number of carbonyl (C=O) groups is 1. The number of hydrogen-bond acceptors (Lipinski definition) is 3. The summed E-state index contributed by atoms with van der Waals surface area (Å²) in [5, 5.41) is 3.35. The largest absolute Gasteiger partial charge is 0.469 e. The molecule has 1 aromatic rings. The third-order valence-electron chi connectivity index (χ3n) is 3.38. The highest BCUT2D eigenvalue weighted by molar-refractivity contribution is 5.76. The number of nitrogens with zero attached hydrogens (tertiary/aromatic N) is 1. The second kappa shape index (κ2) is 5.36. The number of aryl methyl sites for hydroxylation is 1. The number of nitrogens with one attached hydrogen (secondary N) is 1. The Bertz CT molecular complexity index is 381. The van der Waals surface area contributed by atoms with Crippen LogP contribution in [0.1, 0.15) is 30.6 Å². The van der Waals surface area contributed by atoms with Gasteiger partial charge >= 0.3 is 0 Å². The van der Waals surface area contributed by atoms with Gasteiger partial charge in [0.2, 0.25) is 5.91 Å². The van der Waals surface area contributed by atoms with Gasteiger partial charge in [0.25, 0.3) is 0 Å². The van der Waals surface area contributed by atoms with Gasteiger partial charge in [-0.2, -0.15) is 0 Å². The van der Waals surface area contributed by atoms with E-state index in [1.807, 2.05) is 20.0 Å². The lowest BCUT2D eigenvalue weighted by Crippen LogP contribution is -2.33. The molecular formula is C13H20N2O2. The van der Waals surface area contributed by atoms with Gasteiger partial charge in [-0.1, -0.05) is 0 Å². The van der Waals surface area contributed by atoms with Crippen LogP contribution < -0.4 is 5.32 Å². The Morgan fingerprint density at radius 2 is 2.47 bits per heavy atom. The van der Waals surface area contributed by atoms with Crippen LogP contribution in [-0.4, -0.2) is 30.4 Å². The van der Waals surface area contributed by atoms with Crippen LogP contribution in [-0.2, 0) is 11.3 Å². The van der Waals surface area contributed by atoms with Crippen molar-refractivity contribution < 1.29 is 9.21 Å². The van der Waals surface area contributed by atoms with Crippen LogP contribution in [0.5, 0.6) is 0 Å². The monoisotopic (exact) mass is 236 g/mol. The average molecular weight is 236 g/mol. The van der Waals surface area contributed by atoms with Crippen molar-refractivity contribution in [1.29, 1.82) is 0 Å². The summed E-state index contributed by atoms with van der Waals surface area (Å²) in [5.74, 6) is 1.09. The van der Waals surface area contributed by atoms with E-state index in [4.69, 9.17) is 4.42 Å². The number of furan rings is 1. The first-order valence-corrected chi connectivity index (χ1v) is 6.17. The summed E-state index contributed by atoms with van der Waals surface area (Å²) in [4.78, 5) is 13.8. The molecule has 2 heterocycles. The van der Waals surface area contributed by atoms with Gasteiger partial charge < -0.3 is 14.6 Å². The SMILES string of the molecule is Cc1occc1CN(C)C(=O)CC1CCCN1. The quantitative estimate of drug-likeness (QED) is 0.865. The first-order valence-electron chi connectivity index (χ1n) is 6.17. The Kier molecular flexibility index (Phi) is 3.84. The highest BCUT2D eigenvalue weighted by Gasteiger charge is 2.20. The second-order valence-corrected chi connectivity index (χ2v) is 4.75.